The Labute approximate surface area is 219 Å². The number of benzene rings is 3. The minimum absolute atomic E-state index is 0.0700. The van der Waals surface area contributed by atoms with Crippen LogP contribution in [0, 0.1) is 0 Å². The summed E-state index contributed by atoms with van der Waals surface area (Å²) in [5, 5.41) is 5.61. The van der Waals surface area contributed by atoms with Gasteiger partial charge in [0.1, 0.15) is 5.75 Å². The molecule has 3 rings (SSSR count). The molecule has 0 heterocycles. The number of sulfonamides is 1. The molecule has 0 aliphatic heterocycles. The second kappa shape index (κ2) is 11.7. The summed E-state index contributed by atoms with van der Waals surface area (Å²) in [5.74, 6) is 0.0112. The Morgan fingerprint density at radius 2 is 1.71 bits per heavy atom. The topological polar surface area (TPSA) is 87.7 Å². The quantitative estimate of drug-likeness (QED) is 0.341. The lowest BCUT2D eigenvalue weighted by Crippen LogP contribution is -2.34. The minimum atomic E-state index is -3.74. The number of ether oxygens (including phenoxy) is 1. The van der Waals surface area contributed by atoms with Gasteiger partial charge in [-0.3, -0.25) is 14.4 Å². The number of hydrogen-bond acceptors (Lipinski definition) is 5. The molecular weight excluding hydrogens is 550 g/mol. The molecule has 35 heavy (non-hydrogen) atoms. The number of nitrogens with zero attached hydrogens (tertiary/aromatic N) is 1. The smallest absolute Gasteiger partial charge is 0.264 e. The molecule has 7 nitrogen and oxygen atoms in total. The zero-order valence-electron chi connectivity index (χ0n) is 19.5. The maximum absolute atomic E-state index is 13.1. The second-order valence-corrected chi connectivity index (χ2v) is 10.9. The molecule has 0 unspecified atom stereocenters. The molecular formula is C25H26BrN3O4S2. The van der Waals surface area contributed by atoms with Gasteiger partial charge >= 0.3 is 0 Å². The van der Waals surface area contributed by atoms with E-state index in [0.717, 1.165) is 4.47 Å². The van der Waals surface area contributed by atoms with Gasteiger partial charge in [-0.05, 0) is 87.6 Å². The van der Waals surface area contributed by atoms with E-state index in [-0.39, 0.29) is 16.1 Å². The summed E-state index contributed by atoms with van der Waals surface area (Å²) in [7, 11) is -3.74. The van der Waals surface area contributed by atoms with Crippen LogP contribution in [-0.4, -0.2) is 32.1 Å². The van der Waals surface area contributed by atoms with Crippen molar-refractivity contribution in [2.24, 2.45) is 0 Å². The predicted octanol–water partition coefficient (Wildman–Crippen LogP) is 5.58. The van der Waals surface area contributed by atoms with Crippen molar-refractivity contribution in [3.63, 3.8) is 0 Å². The standard InChI is InChI=1S/C25H26BrN3O4S2/c1-4-29(20-8-6-5-7-9-20)35(31,32)21-13-11-19(12-14-21)27-25(34)28-24(30)22-16-18(26)10-15-23(22)33-17(2)3/h5-17H,4H2,1-3H3,(H2,27,28,30,34). The predicted molar refractivity (Wildman–Crippen MR) is 147 cm³/mol. The molecule has 0 saturated carbocycles. The molecule has 0 aliphatic rings. The van der Waals surface area contributed by atoms with Crippen LogP contribution < -0.4 is 19.7 Å². The lowest BCUT2D eigenvalue weighted by Gasteiger charge is -2.23. The van der Waals surface area contributed by atoms with Crippen LogP contribution in [0.5, 0.6) is 5.75 Å². The van der Waals surface area contributed by atoms with E-state index in [4.69, 9.17) is 17.0 Å². The average Bonchev–Trinajstić information content (AvgIpc) is 2.81. The molecule has 3 aromatic rings. The van der Waals surface area contributed by atoms with E-state index in [0.29, 0.717) is 29.2 Å². The van der Waals surface area contributed by atoms with Gasteiger partial charge in [-0.15, -0.1) is 0 Å². The zero-order chi connectivity index (χ0) is 25.6. The zero-order valence-corrected chi connectivity index (χ0v) is 22.7. The summed E-state index contributed by atoms with van der Waals surface area (Å²) in [6.45, 7) is 5.82. The highest BCUT2D eigenvalue weighted by Gasteiger charge is 2.23. The molecule has 10 heteroatoms. The van der Waals surface area contributed by atoms with Crippen LogP contribution in [-0.2, 0) is 10.0 Å². The van der Waals surface area contributed by atoms with Crippen LogP contribution in [0.4, 0.5) is 11.4 Å². The van der Waals surface area contributed by atoms with Crippen LogP contribution in [0.25, 0.3) is 0 Å². The number of anilines is 2. The summed E-state index contributed by atoms with van der Waals surface area (Å²) in [5.41, 5.74) is 1.46. The van der Waals surface area contributed by atoms with Crippen molar-refractivity contribution in [1.82, 2.24) is 5.32 Å². The first-order chi connectivity index (χ1) is 16.6. The Kier molecular flexibility index (Phi) is 8.87. The number of para-hydroxylation sites is 1. The lowest BCUT2D eigenvalue weighted by molar-refractivity contribution is 0.0972. The lowest BCUT2D eigenvalue weighted by atomic mass is 10.2. The third-order valence-electron chi connectivity index (χ3n) is 4.81. The molecule has 184 valence electrons. The molecule has 0 aromatic heterocycles. The van der Waals surface area contributed by atoms with E-state index < -0.39 is 15.9 Å². The monoisotopic (exact) mass is 575 g/mol. The largest absolute Gasteiger partial charge is 0.490 e. The normalized spacial score (nSPS) is 11.1. The Morgan fingerprint density at radius 3 is 2.31 bits per heavy atom. The van der Waals surface area contributed by atoms with E-state index >= 15 is 0 Å². The third kappa shape index (κ3) is 6.81. The second-order valence-electron chi connectivity index (χ2n) is 7.75. The highest BCUT2D eigenvalue weighted by atomic mass is 79.9. The third-order valence-corrected chi connectivity index (χ3v) is 7.42. The maximum atomic E-state index is 13.1. The first kappa shape index (κ1) is 26.7. The van der Waals surface area contributed by atoms with Gasteiger partial charge in [0.25, 0.3) is 15.9 Å². The Balaban J connectivity index is 1.71. The number of nitrogens with one attached hydrogen (secondary N) is 2. The van der Waals surface area contributed by atoms with Crippen LogP contribution >= 0.6 is 28.1 Å². The molecule has 0 fully saturated rings. The van der Waals surface area contributed by atoms with Crippen LogP contribution in [0.2, 0.25) is 0 Å². The summed E-state index contributed by atoms with van der Waals surface area (Å²) in [6.07, 6.45) is -0.104. The van der Waals surface area contributed by atoms with Gasteiger partial charge in [-0.25, -0.2) is 8.42 Å². The van der Waals surface area contributed by atoms with E-state index in [1.165, 1.54) is 16.4 Å². The fourth-order valence-corrected chi connectivity index (χ4v) is 5.34. The fraction of sp³-hybridized carbons (Fsp3) is 0.200. The average molecular weight is 577 g/mol. The summed E-state index contributed by atoms with van der Waals surface area (Å²) in [4.78, 5) is 13.0. The van der Waals surface area contributed by atoms with Crippen LogP contribution in [0.15, 0.2) is 82.2 Å². The highest BCUT2D eigenvalue weighted by Crippen LogP contribution is 2.25. The number of thiocarbonyl (C=S) groups is 1. The Bertz CT molecular complexity index is 1300. The maximum Gasteiger partial charge on any atom is 0.264 e. The number of carbonyl (C=O) groups excluding carboxylic acids is 1. The van der Waals surface area contributed by atoms with Crippen molar-refractivity contribution in [3.05, 3.63) is 82.8 Å². The van der Waals surface area contributed by atoms with E-state index in [9.17, 15) is 13.2 Å². The van der Waals surface area contributed by atoms with Gasteiger partial charge in [-0.1, -0.05) is 34.1 Å². The van der Waals surface area contributed by atoms with E-state index in [1.54, 1.807) is 61.5 Å². The summed E-state index contributed by atoms with van der Waals surface area (Å²) in [6, 6.07) is 20.3. The fourth-order valence-electron chi connectivity index (χ4n) is 3.29. The molecule has 0 atom stereocenters. The van der Waals surface area contributed by atoms with E-state index in [1.807, 2.05) is 19.9 Å². The van der Waals surface area contributed by atoms with Gasteiger partial charge < -0.3 is 10.1 Å². The Hall–Kier alpha value is -2.95. The highest BCUT2D eigenvalue weighted by molar-refractivity contribution is 9.10. The van der Waals surface area contributed by atoms with Crippen molar-refractivity contribution in [2.45, 2.75) is 31.8 Å². The number of amides is 1. The Morgan fingerprint density at radius 1 is 1.06 bits per heavy atom. The van der Waals surface area contributed by atoms with Gasteiger partial charge in [0, 0.05) is 16.7 Å². The number of halogens is 1. The van der Waals surface area contributed by atoms with Crippen molar-refractivity contribution >= 4 is 60.6 Å². The number of carbonyl (C=O) groups is 1. The number of rotatable bonds is 8. The molecule has 0 spiro atoms. The molecule has 0 aliphatic carbocycles. The van der Waals surface area contributed by atoms with E-state index in [2.05, 4.69) is 26.6 Å². The van der Waals surface area contributed by atoms with Crippen molar-refractivity contribution in [3.8, 4) is 5.75 Å². The molecule has 0 bridgehead atoms. The number of hydrogen-bond donors (Lipinski definition) is 2. The molecule has 3 aromatic carbocycles. The van der Waals surface area contributed by atoms with Gasteiger partial charge in [0.2, 0.25) is 0 Å². The van der Waals surface area contributed by atoms with Crippen molar-refractivity contribution in [2.75, 3.05) is 16.2 Å². The molecule has 0 radical (unpaired) electrons. The minimum Gasteiger partial charge on any atom is -0.490 e. The summed E-state index contributed by atoms with van der Waals surface area (Å²) >= 11 is 8.65. The van der Waals surface area contributed by atoms with Crippen LogP contribution in [0.3, 0.4) is 0 Å². The first-order valence-corrected chi connectivity index (χ1v) is 13.5. The van der Waals surface area contributed by atoms with Gasteiger partial charge in [-0.2, -0.15) is 0 Å². The molecule has 1 amide bonds. The van der Waals surface area contributed by atoms with Gasteiger partial charge in [0.05, 0.1) is 22.3 Å². The van der Waals surface area contributed by atoms with Gasteiger partial charge in [0.15, 0.2) is 5.11 Å². The van der Waals surface area contributed by atoms with Crippen molar-refractivity contribution < 1.29 is 17.9 Å². The molecule has 0 saturated heterocycles. The summed E-state index contributed by atoms with van der Waals surface area (Å²) < 4.78 is 34.1. The van der Waals surface area contributed by atoms with Crippen molar-refractivity contribution in [1.29, 1.82) is 0 Å². The first-order valence-electron chi connectivity index (χ1n) is 10.9. The van der Waals surface area contributed by atoms with Crippen LogP contribution in [0.1, 0.15) is 31.1 Å². The SMILES string of the molecule is CCN(c1ccccc1)S(=O)(=O)c1ccc(NC(=S)NC(=O)c2cc(Br)ccc2OC(C)C)cc1. The molecule has 2 N–H and O–H groups in total.